The molecule has 1 saturated heterocycles. The van der Waals surface area contributed by atoms with E-state index in [9.17, 15) is 14.7 Å². The van der Waals surface area contributed by atoms with Gasteiger partial charge >= 0.3 is 0 Å². The number of ketones is 1. The number of aliphatic hydroxyl groups excluding tert-OH is 1. The van der Waals surface area contributed by atoms with Gasteiger partial charge in [-0.05, 0) is 34.1 Å². The summed E-state index contributed by atoms with van der Waals surface area (Å²) in [5.74, 6) is -0.185. The molecule has 0 aliphatic carbocycles. The molecular formula is C15H29N3O4. The number of nitrogens with zero attached hydrogens (tertiary/aromatic N) is 1. The van der Waals surface area contributed by atoms with Gasteiger partial charge in [0, 0.05) is 25.0 Å². The van der Waals surface area contributed by atoms with Gasteiger partial charge in [0.05, 0.1) is 18.9 Å². The van der Waals surface area contributed by atoms with E-state index in [2.05, 4.69) is 5.32 Å². The number of amides is 1. The number of carbonyl (C=O) groups excluding carboxylic acids is 2. The predicted molar refractivity (Wildman–Crippen MR) is 83.1 cm³/mol. The minimum atomic E-state index is -0.599. The Balaban J connectivity index is 2.72. The molecule has 1 fully saturated rings. The summed E-state index contributed by atoms with van der Waals surface area (Å²) < 4.78 is 5.41. The highest BCUT2D eigenvalue weighted by atomic mass is 16.5. The number of nitrogens with one attached hydrogen (secondary N) is 1. The monoisotopic (exact) mass is 315 g/mol. The SMILES string of the molecule is CC(=O)C[C@@H]1CC(O)CN1C(=O)[C@@H](NCOC(C)C)[C@H](C)N. The Labute approximate surface area is 132 Å². The summed E-state index contributed by atoms with van der Waals surface area (Å²) in [6.45, 7) is 7.52. The van der Waals surface area contributed by atoms with Crippen LogP contribution in [0.15, 0.2) is 0 Å². The molecule has 1 amide bonds. The first-order chi connectivity index (χ1) is 10.2. The lowest BCUT2D eigenvalue weighted by atomic mass is 10.1. The molecule has 1 aliphatic heterocycles. The number of hydrogen-bond donors (Lipinski definition) is 3. The summed E-state index contributed by atoms with van der Waals surface area (Å²) in [5.41, 5.74) is 5.91. The summed E-state index contributed by atoms with van der Waals surface area (Å²) >= 11 is 0. The molecule has 7 nitrogen and oxygen atoms in total. The second-order valence-electron chi connectivity index (χ2n) is 6.34. The number of Topliss-reactive ketones (excluding diaryl/α,β-unsaturated/α-hetero) is 1. The first kappa shape index (κ1) is 19.0. The number of likely N-dealkylation sites (tertiary alicyclic amines) is 1. The van der Waals surface area contributed by atoms with Crippen molar-refractivity contribution in [3.05, 3.63) is 0 Å². The fourth-order valence-electron chi connectivity index (χ4n) is 2.67. The van der Waals surface area contributed by atoms with Crippen LogP contribution < -0.4 is 11.1 Å². The summed E-state index contributed by atoms with van der Waals surface area (Å²) in [6, 6.07) is -1.26. The molecule has 0 aromatic carbocycles. The van der Waals surface area contributed by atoms with Crippen LogP contribution in [-0.4, -0.2) is 65.3 Å². The number of β-amino-alcohol motifs (C(OH)–C–C–N with tert-alkyl or cyclic N) is 1. The quantitative estimate of drug-likeness (QED) is 0.527. The van der Waals surface area contributed by atoms with Gasteiger partial charge in [-0.1, -0.05) is 0 Å². The van der Waals surface area contributed by atoms with Crippen molar-refractivity contribution in [3.8, 4) is 0 Å². The normalized spacial score (nSPS) is 24.6. The van der Waals surface area contributed by atoms with E-state index in [1.165, 1.54) is 6.92 Å². The molecule has 22 heavy (non-hydrogen) atoms. The van der Waals surface area contributed by atoms with Crippen molar-refractivity contribution in [2.45, 2.75) is 70.9 Å². The zero-order valence-electron chi connectivity index (χ0n) is 13.9. The summed E-state index contributed by atoms with van der Waals surface area (Å²) in [5, 5.41) is 12.8. The summed E-state index contributed by atoms with van der Waals surface area (Å²) in [4.78, 5) is 25.6. The van der Waals surface area contributed by atoms with E-state index in [0.717, 1.165) is 0 Å². The average Bonchev–Trinajstić information content (AvgIpc) is 2.73. The van der Waals surface area contributed by atoms with E-state index in [1.807, 2.05) is 13.8 Å². The maximum absolute atomic E-state index is 12.7. The van der Waals surface area contributed by atoms with E-state index >= 15 is 0 Å². The van der Waals surface area contributed by atoms with Gasteiger partial charge in [0.2, 0.25) is 5.91 Å². The van der Waals surface area contributed by atoms with Crippen LogP contribution in [-0.2, 0) is 14.3 Å². The topological polar surface area (TPSA) is 105 Å². The molecule has 0 bridgehead atoms. The predicted octanol–water partition coefficient (Wildman–Crippen LogP) is -0.385. The van der Waals surface area contributed by atoms with E-state index in [1.54, 1.807) is 11.8 Å². The lowest BCUT2D eigenvalue weighted by Crippen LogP contribution is -2.56. The van der Waals surface area contributed by atoms with Crippen LogP contribution >= 0.6 is 0 Å². The van der Waals surface area contributed by atoms with E-state index < -0.39 is 18.2 Å². The van der Waals surface area contributed by atoms with Gasteiger partial charge < -0.3 is 20.5 Å². The molecule has 1 aliphatic rings. The third-order valence-electron chi connectivity index (χ3n) is 3.71. The largest absolute Gasteiger partial charge is 0.391 e. The Kier molecular flexibility index (Phi) is 7.41. The fourth-order valence-corrected chi connectivity index (χ4v) is 2.67. The highest BCUT2D eigenvalue weighted by molar-refractivity contribution is 5.84. The van der Waals surface area contributed by atoms with Crippen LogP contribution in [0.1, 0.15) is 40.5 Å². The van der Waals surface area contributed by atoms with Crippen LogP contribution in [0.5, 0.6) is 0 Å². The second-order valence-corrected chi connectivity index (χ2v) is 6.34. The maximum atomic E-state index is 12.7. The molecule has 1 unspecified atom stereocenters. The lowest BCUT2D eigenvalue weighted by Gasteiger charge is -2.30. The van der Waals surface area contributed by atoms with Gasteiger partial charge in [-0.3, -0.25) is 14.9 Å². The maximum Gasteiger partial charge on any atom is 0.241 e. The number of aliphatic hydroxyl groups is 1. The van der Waals surface area contributed by atoms with Crippen molar-refractivity contribution >= 4 is 11.7 Å². The Morgan fingerprint density at radius 1 is 1.41 bits per heavy atom. The smallest absolute Gasteiger partial charge is 0.241 e. The van der Waals surface area contributed by atoms with Crippen molar-refractivity contribution in [3.63, 3.8) is 0 Å². The molecule has 0 saturated carbocycles. The Morgan fingerprint density at radius 2 is 2.05 bits per heavy atom. The van der Waals surface area contributed by atoms with Crippen LogP contribution in [0.2, 0.25) is 0 Å². The van der Waals surface area contributed by atoms with Crippen molar-refractivity contribution in [2.24, 2.45) is 5.73 Å². The van der Waals surface area contributed by atoms with Gasteiger partial charge in [-0.25, -0.2) is 0 Å². The highest BCUT2D eigenvalue weighted by Crippen LogP contribution is 2.22. The number of rotatable bonds is 8. The number of carbonyl (C=O) groups is 2. The first-order valence-electron chi connectivity index (χ1n) is 7.81. The summed E-state index contributed by atoms with van der Waals surface area (Å²) in [7, 11) is 0. The third-order valence-corrected chi connectivity index (χ3v) is 3.71. The minimum Gasteiger partial charge on any atom is -0.391 e. The van der Waals surface area contributed by atoms with Crippen molar-refractivity contribution in [1.82, 2.24) is 10.2 Å². The molecule has 0 aromatic heterocycles. The van der Waals surface area contributed by atoms with Crippen LogP contribution in [0.25, 0.3) is 0 Å². The molecule has 1 heterocycles. The van der Waals surface area contributed by atoms with Crippen LogP contribution in [0, 0.1) is 0 Å². The van der Waals surface area contributed by atoms with Crippen molar-refractivity contribution in [2.75, 3.05) is 13.3 Å². The number of hydrogen-bond acceptors (Lipinski definition) is 6. The Hall–Kier alpha value is -1.02. The van der Waals surface area contributed by atoms with Crippen LogP contribution in [0.3, 0.4) is 0 Å². The molecule has 1 rings (SSSR count). The molecule has 0 aromatic rings. The highest BCUT2D eigenvalue weighted by Gasteiger charge is 2.38. The molecule has 128 valence electrons. The fraction of sp³-hybridized carbons (Fsp3) is 0.867. The minimum absolute atomic E-state index is 0.00495. The lowest BCUT2D eigenvalue weighted by molar-refractivity contribution is -0.136. The summed E-state index contributed by atoms with van der Waals surface area (Å²) in [6.07, 6.45) is 0.153. The number of ether oxygens (including phenoxy) is 1. The molecule has 0 spiro atoms. The Morgan fingerprint density at radius 3 is 2.55 bits per heavy atom. The van der Waals surface area contributed by atoms with Crippen LogP contribution in [0.4, 0.5) is 0 Å². The van der Waals surface area contributed by atoms with E-state index in [4.69, 9.17) is 10.5 Å². The number of nitrogens with two attached hydrogens (primary N) is 1. The van der Waals surface area contributed by atoms with E-state index in [0.29, 0.717) is 6.42 Å². The molecule has 4 atom stereocenters. The zero-order valence-corrected chi connectivity index (χ0v) is 13.9. The van der Waals surface area contributed by atoms with Crippen molar-refractivity contribution < 1.29 is 19.4 Å². The third kappa shape index (κ3) is 5.64. The van der Waals surface area contributed by atoms with Gasteiger partial charge in [-0.2, -0.15) is 0 Å². The van der Waals surface area contributed by atoms with Gasteiger partial charge in [0.1, 0.15) is 11.8 Å². The van der Waals surface area contributed by atoms with Gasteiger partial charge in [0.15, 0.2) is 0 Å². The molecular weight excluding hydrogens is 286 g/mol. The molecule has 4 N–H and O–H groups in total. The van der Waals surface area contributed by atoms with E-state index in [-0.39, 0.29) is 43.5 Å². The molecule has 7 heteroatoms. The van der Waals surface area contributed by atoms with Crippen molar-refractivity contribution in [1.29, 1.82) is 0 Å². The first-order valence-corrected chi connectivity index (χ1v) is 7.81. The molecule has 0 radical (unpaired) electrons. The van der Waals surface area contributed by atoms with Gasteiger partial charge in [0.25, 0.3) is 0 Å². The van der Waals surface area contributed by atoms with Gasteiger partial charge in [-0.15, -0.1) is 0 Å². The average molecular weight is 315 g/mol. The Bertz CT molecular complexity index is 387. The second kappa shape index (κ2) is 8.57. The zero-order chi connectivity index (χ0) is 16.9. The standard InChI is InChI=1S/C15H29N3O4/c1-9(2)22-8-17-14(11(4)16)15(21)18-7-13(20)6-12(18)5-10(3)19/h9,11-14,17,20H,5-8,16H2,1-4H3/t11-,12+,13?,14-/m0/s1.